The maximum atomic E-state index is 12.9. The molecule has 0 saturated carbocycles. The van der Waals surface area contributed by atoms with Gasteiger partial charge in [0.2, 0.25) is 11.2 Å². The fraction of sp³-hybridized carbons (Fsp3) is 0.300. The first-order valence-corrected chi connectivity index (χ1v) is 11.6. The Morgan fingerprint density at radius 3 is 1.88 bits per heavy atom. The fourth-order valence-electron chi connectivity index (χ4n) is 3.67. The molecule has 0 N–H and O–H groups in total. The molecule has 4 aromatic rings. The zero-order valence-electron chi connectivity index (χ0n) is 20.8. The quantitative estimate of drug-likeness (QED) is 0.308. The molecule has 4 nitrogen and oxygen atoms in total. The van der Waals surface area contributed by atoms with E-state index in [0.29, 0.717) is 29.1 Å². The third-order valence-electron chi connectivity index (χ3n) is 5.89. The Morgan fingerprint density at radius 1 is 0.735 bits per heavy atom. The van der Waals surface area contributed by atoms with E-state index in [9.17, 15) is 4.79 Å². The van der Waals surface area contributed by atoms with Crippen LogP contribution in [0.3, 0.4) is 0 Å². The number of benzene rings is 3. The summed E-state index contributed by atoms with van der Waals surface area (Å²) in [5.74, 6) is 1.39. The van der Waals surface area contributed by atoms with Gasteiger partial charge in [0, 0.05) is 6.07 Å². The SMILES string of the molecule is CC(C)(C)c1ccc(COc2ccc3c(=O)c(Oc4ccc(C(C)(C)C)cc4)coc3c2)cc1. The van der Waals surface area contributed by atoms with Crippen LogP contribution >= 0.6 is 0 Å². The van der Waals surface area contributed by atoms with Crippen molar-refractivity contribution in [1.29, 1.82) is 0 Å². The molecule has 0 aliphatic heterocycles. The van der Waals surface area contributed by atoms with Crippen LogP contribution in [0.5, 0.6) is 17.2 Å². The van der Waals surface area contributed by atoms with Gasteiger partial charge in [-0.05, 0) is 51.8 Å². The van der Waals surface area contributed by atoms with Crippen molar-refractivity contribution in [3.8, 4) is 17.2 Å². The summed E-state index contributed by atoms with van der Waals surface area (Å²) in [5, 5.41) is 0.450. The van der Waals surface area contributed by atoms with Crippen LogP contribution in [0.25, 0.3) is 11.0 Å². The van der Waals surface area contributed by atoms with E-state index in [0.717, 1.165) is 5.56 Å². The molecular weight excluding hydrogens is 424 g/mol. The standard InChI is InChI=1S/C30H32O4/c1-29(2,3)21-9-7-20(8-10-21)18-32-24-15-16-25-26(17-24)33-19-27(28(25)31)34-23-13-11-22(12-14-23)30(4,5)6/h7-17,19H,18H2,1-6H3. The van der Waals surface area contributed by atoms with Crippen molar-refractivity contribution in [1.82, 2.24) is 0 Å². The number of ether oxygens (including phenoxy) is 2. The highest BCUT2D eigenvalue weighted by Gasteiger charge is 2.15. The van der Waals surface area contributed by atoms with Gasteiger partial charge in [0.15, 0.2) is 0 Å². The summed E-state index contributed by atoms with van der Waals surface area (Å²) in [6.45, 7) is 13.5. The highest BCUT2D eigenvalue weighted by Crippen LogP contribution is 2.28. The monoisotopic (exact) mass is 456 g/mol. The van der Waals surface area contributed by atoms with E-state index in [1.54, 1.807) is 18.2 Å². The molecule has 0 fully saturated rings. The predicted molar refractivity (Wildman–Crippen MR) is 137 cm³/mol. The van der Waals surface area contributed by atoms with Gasteiger partial charge in [-0.3, -0.25) is 4.79 Å². The van der Waals surface area contributed by atoms with E-state index in [2.05, 4.69) is 65.8 Å². The van der Waals surface area contributed by atoms with Crippen LogP contribution in [0, 0.1) is 0 Å². The van der Waals surface area contributed by atoms with E-state index in [-0.39, 0.29) is 22.0 Å². The minimum absolute atomic E-state index is 0.0517. The Balaban J connectivity index is 1.48. The number of hydrogen-bond donors (Lipinski definition) is 0. The molecule has 0 bridgehead atoms. The first kappa shape index (κ1) is 23.6. The lowest BCUT2D eigenvalue weighted by Crippen LogP contribution is -2.10. The molecule has 0 aliphatic rings. The van der Waals surface area contributed by atoms with Gasteiger partial charge in [-0.15, -0.1) is 0 Å². The maximum Gasteiger partial charge on any atom is 0.235 e. The Labute approximate surface area is 201 Å². The molecule has 0 aliphatic carbocycles. The predicted octanol–water partition coefficient (Wildman–Crippen LogP) is 7.76. The molecule has 4 rings (SSSR count). The molecular formula is C30H32O4. The van der Waals surface area contributed by atoms with Gasteiger partial charge in [-0.2, -0.15) is 0 Å². The molecule has 176 valence electrons. The highest BCUT2D eigenvalue weighted by atomic mass is 16.5. The summed E-state index contributed by atoms with van der Waals surface area (Å²) in [4.78, 5) is 12.9. The summed E-state index contributed by atoms with van der Waals surface area (Å²) in [7, 11) is 0. The van der Waals surface area contributed by atoms with Gasteiger partial charge in [0.05, 0.1) is 5.39 Å². The second-order valence-electron chi connectivity index (χ2n) is 10.7. The van der Waals surface area contributed by atoms with Gasteiger partial charge in [-0.1, -0.05) is 77.9 Å². The van der Waals surface area contributed by atoms with Crippen molar-refractivity contribution < 1.29 is 13.9 Å². The van der Waals surface area contributed by atoms with Crippen molar-refractivity contribution in [2.24, 2.45) is 0 Å². The Bertz CT molecular complexity index is 1330. The first-order chi connectivity index (χ1) is 16.0. The van der Waals surface area contributed by atoms with Gasteiger partial charge in [0.1, 0.15) is 30.0 Å². The first-order valence-electron chi connectivity index (χ1n) is 11.6. The van der Waals surface area contributed by atoms with Crippen LogP contribution < -0.4 is 14.9 Å². The zero-order chi connectivity index (χ0) is 24.5. The minimum Gasteiger partial charge on any atom is -0.489 e. The molecule has 1 heterocycles. The largest absolute Gasteiger partial charge is 0.489 e. The molecule has 1 aromatic heterocycles. The molecule has 0 unspecified atom stereocenters. The van der Waals surface area contributed by atoms with Crippen LogP contribution in [0.2, 0.25) is 0 Å². The maximum absolute atomic E-state index is 12.9. The van der Waals surface area contributed by atoms with Crippen molar-refractivity contribution >= 4 is 11.0 Å². The Morgan fingerprint density at radius 2 is 1.29 bits per heavy atom. The van der Waals surface area contributed by atoms with Gasteiger partial charge in [-0.25, -0.2) is 0 Å². The van der Waals surface area contributed by atoms with Crippen LogP contribution in [0.15, 0.2) is 82.2 Å². The van der Waals surface area contributed by atoms with Crippen LogP contribution in [-0.2, 0) is 17.4 Å². The number of rotatable bonds is 5. The van der Waals surface area contributed by atoms with E-state index in [1.807, 2.05) is 24.3 Å². The summed E-state index contributed by atoms with van der Waals surface area (Å²) in [5.41, 5.74) is 3.97. The summed E-state index contributed by atoms with van der Waals surface area (Å²) in [6, 6.07) is 21.4. The lowest BCUT2D eigenvalue weighted by molar-refractivity contribution is 0.306. The van der Waals surface area contributed by atoms with E-state index in [4.69, 9.17) is 13.9 Å². The molecule has 34 heavy (non-hydrogen) atoms. The van der Waals surface area contributed by atoms with E-state index < -0.39 is 0 Å². The molecule has 0 radical (unpaired) electrons. The van der Waals surface area contributed by atoms with Crippen LogP contribution in [0.1, 0.15) is 58.2 Å². The smallest absolute Gasteiger partial charge is 0.235 e. The second kappa shape index (κ2) is 9.02. The van der Waals surface area contributed by atoms with Crippen LogP contribution in [-0.4, -0.2) is 0 Å². The average molecular weight is 457 g/mol. The number of hydrogen-bond acceptors (Lipinski definition) is 4. The third kappa shape index (κ3) is 5.33. The highest BCUT2D eigenvalue weighted by molar-refractivity contribution is 5.79. The lowest BCUT2D eigenvalue weighted by atomic mass is 9.87. The molecule has 0 amide bonds. The summed E-state index contributed by atoms with van der Waals surface area (Å²) in [6.07, 6.45) is 1.36. The number of fused-ring (bicyclic) bond motifs is 1. The van der Waals surface area contributed by atoms with E-state index in [1.165, 1.54) is 17.4 Å². The van der Waals surface area contributed by atoms with Crippen molar-refractivity contribution in [3.63, 3.8) is 0 Å². The minimum atomic E-state index is -0.217. The zero-order valence-corrected chi connectivity index (χ0v) is 20.8. The summed E-state index contributed by atoms with van der Waals surface area (Å²) >= 11 is 0. The molecule has 4 heteroatoms. The Kier molecular flexibility index (Phi) is 6.26. The lowest BCUT2D eigenvalue weighted by Gasteiger charge is -2.19. The van der Waals surface area contributed by atoms with Crippen molar-refractivity contribution in [2.45, 2.75) is 59.0 Å². The molecule has 0 saturated heterocycles. The van der Waals surface area contributed by atoms with Gasteiger partial charge < -0.3 is 13.9 Å². The summed E-state index contributed by atoms with van der Waals surface area (Å²) < 4.78 is 17.5. The van der Waals surface area contributed by atoms with Crippen LogP contribution in [0.4, 0.5) is 0 Å². The Hall–Kier alpha value is -3.53. The molecule has 3 aromatic carbocycles. The fourth-order valence-corrected chi connectivity index (χ4v) is 3.67. The third-order valence-corrected chi connectivity index (χ3v) is 5.89. The average Bonchev–Trinajstić information content (AvgIpc) is 2.79. The second-order valence-corrected chi connectivity index (χ2v) is 10.7. The van der Waals surface area contributed by atoms with E-state index >= 15 is 0 Å². The molecule has 0 spiro atoms. The topological polar surface area (TPSA) is 48.7 Å². The van der Waals surface area contributed by atoms with Crippen molar-refractivity contribution in [2.75, 3.05) is 0 Å². The normalized spacial score (nSPS) is 12.1. The van der Waals surface area contributed by atoms with Gasteiger partial charge >= 0.3 is 0 Å². The van der Waals surface area contributed by atoms with Gasteiger partial charge in [0.25, 0.3) is 0 Å². The molecule has 0 atom stereocenters. The van der Waals surface area contributed by atoms with Crippen molar-refractivity contribution in [3.05, 3.63) is 99.9 Å².